The van der Waals surface area contributed by atoms with Gasteiger partial charge >= 0.3 is 0 Å². The second-order valence-corrected chi connectivity index (χ2v) is 7.21. The van der Waals surface area contributed by atoms with Crippen molar-refractivity contribution in [3.63, 3.8) is 0 Å². The number of rotatable bonds is 9. The maximum atomic E-state index is 5.78. The lowest BCUT2D eigenvalue weighted by Crippen LogP contribution is -2.06. The molecule has 2 heterocycles. The fourth-order valence-electron chi connectivity index (χ4n) is 3.02. The second kappa shape index (κ2) is 8.48. The lowest BCUT2D eigenvalue weighted by atomic mass is 10.2. The number of aromatic nitrogens is 4. The Morgan fingerprint density at radius 2 is 2.07 bits per heavy atom. The van der Waals surface area contributed by atoms with E-state index in [9.17, 15) is 0 Å². The van der Waals surface area contributed by atoms with Gasteiger partial charge in [-0.25, -0.2) is 9.97 Å². The van der Waals surface area contributed by atoms with Crippen LogP contribution in [-0.2, 0) is 11.3 Å². The quantitative estimate of drug-likeness (QED) is 0.572. The molecule has 1 aliphatic carbocycles. The van der Waals surface area contributed by atoms with Gasteiger partial charge in [-0.05, 0) is 37.8 Å². The van der Waals surface area contributed by atoms with E-state index < -0.39 is 0 Å². The standard InChI is InChI=1S/C21H26N6O2/c1-14-10-27(13-23-14)18-7-6-16(8-19(18)28-3)24-21-25-17(9-20(22-2)26-21)12-29-11-15-4-5-15/h6-10,13,15H,4-5,11-12H2,1-3H3,(H2,22,24,25,26). The first-order valence-electron chi connectivity index (χ1n) is 9.74. The van der Waals surface area contributed by atoms with Crippen molar-refractivity contribution in [1.82, 2.24) is 19.5 Å². The highest BCUT2D eigenvalue weighted by Gasteiger charge is 2.21. The van der Waals surface area contributed by atoms with E-state index >= 15 is 0 Å². The van der Waals surface area contributed by atoms with Crippen LogP contribution in [0, 0.1) is 12.8 Å². The minimum Gasteiger partial charge on any atom is -0.494 e. The van der Waals surface area contributed by atoms with Gasteiger partial charge in [0.05, 0.1) is 37.1 Å². The maximum absolute atomic E-state index is 5.78. The Kier molecular flexibility index (Phi) is 5.62. The van der Waals surface area contributed by atoms with Crippen LogP contribution < -0.4 is 15.4 Å². The first-order valence-corrected chi connectivity index (χ1v) is 9.74. The largest absolute Gasteiger partial charge is 0.494 e. The minimum atomic E-state index is 0.477. The zero-order valence-corrected chi connectivity index (χ0v) is 17.0. The molecule has 0 radical (unpaired) electrons. The molecule has 29 heavy (non-hydrogen) atoms. The van der Waals surface area contributed by atoms with Crippen molar-refractivity contribution in [1.29, 1.82) is 0 Å². The van der Waals surface area contributed by atoms with Crippen molar-refractivity contribution in [2.45, 2.75) is 26.4 Å². The van der Waals surface area contributed by atoms with Crippen LogP contribution in [0.5, 0.6) is 5.75 Å². The highest BCUT2D eigenvalue weighted by Crippen LogP contribution is 2.30. The molecule has 8 heteroatoms. The highest BCUT2D eigenvalue weighted by molar-refractivity contribution is 5.62. The third-order valence-corrected chi connectivity index (χ3v) is 4.76. The molecule has 1 aliphatic rings. The first kappa shape index (κ1) is 19.2. The highest BCUT2D eigenvalue weighted by atomic mass is 16.5. The Balaban J connectivity index is 1.52. The van der Waals surface area contributed by atoms with Crippen LogP contribution in [0.3, 0.4) is 0 Å². The number of anilines is 3. The van der Waals surface area contributed by atoms with Gasteiger partial charge in [0.25, 0.3) is 0 Å². The second-order valence-electron chi connectivity index (χ2n) is 7.21. The lowest BCUT2D eigenvalue weighted by Gasteiger charge is -2.13. The Morgan fingerprint density at radius 1 is 1.21 bits per heavy atom. The Hall–Kier alpha value is -3.13. The summed E-state index contributed by atoms with van der Waals surface area (Å²) < 4.78 is 13.3. The minimum absolute atomic E-state index is 0.477. The van der Waals surface area contributed by atoms with Crippen molar-refractivity contribution < 1.29 is 9.47 Å². The normalized spacial score (nSPS) is 13.3. The van der Waals surface area contributed by atoms with Crippen molar-refractivity contribution in [2.75, 3.05) is 31.4 Å². The predicted molar refractivity (Wildman–Crippen MR) is 112 cm³/mol. The third kappa shape index (κ3) is 4.83. The summed E-state index contributed by atoms with van der Waals surface area (Å²) in [5, 5.41) is 6.35. The molecule has 8 nitrogen and oxygen atoms in total. The van der Waals surface area contributed by atoms with Crippen molar-refractivity contribution in [2.24, 2.45) is 5.92 Å². The van der Waals surface area contributed by atoms with Crippen molar-refractivity contribution >= 4 is 17.5 Å². The summed E-state index contributed by atoms with van der Waals surface area (Å²) in [6, 6.07) is 7.77. The van der Waals surface area contributed by atoms with Gasteiger partial charge in [0, 0.05) is 37.7 Å². The zero-order chi connectivity index (χ0) is 20.2. The van der Waals surface area contributed by atoms with Crippen LogP contribution in [0.1, 0.15) is 24.2 Å². The molecular weight excluding hydrogens is 368 g/mol. The first-order chi connectivity index (χ1) is 14.1. The van der Waals surface area contributed by atoms with Gasteiger partial charge in [-0.15, -0.1) is 0 Å². The topological polar surface area (TPSA) is 86.1 Å². The molecule has 0 bridgehead atoms. The van der Waals surface area contributed by atoms with Crippen LogP contribution in [0.15, 0.2) is 36.8 Å². The SMILES string of the molecule is CNc1cc(COCC2CC2)nc(Nc2ccc(-n3cnc(C)c3)c(OC)c2)n1. The summed E-state index contributed by atoms with van der Waals surface area (Å²) in [6.45, 7) is 3.23. The van der Waals surface area contributed by atoms with Crippen LogP contribution in [0.4, 0.5) is 17.5 Å². The number of nitrogens with one attached hydrogen (secondary N) is 2. The molecule has 0 unspecified atom stereocenters. The molecular formula is C21H26N6O2. The van der Waals surface area contributed by atoms with Gasteiger partial charge < -0.3 is 24.7 Å². The van der Waals surface area contributed by atoms with Gasteiger partial charge in [-0.1, -0.05) is 0 Å². The average Bonchev–Trinajstić information content (AvgIpc) is 3.46. The number of aryl methyl sites for hydroxylation is 1. The number of hydrogen-bond donors (Lipinski definition) is 2. The zero-order valence-electron chi connectivity index (χ0n) is 17.0. The van der Waals surface area contributed by atoms with E-state index in [0.717, 1.165) is 46.9 Å². The molecule has 0 atom stereocenters. The van der Waals surface area contributed by atoms with E-state index in [2.05, 4.69) is 25.6 Å². The predicted octanol–water partition coefficient (Wildman–Crippen LogP) is 3.69. The summed E-state index contributed by atoms with van der Waals surface area (Å²) in [4.78, 5) is 13.4. The molecule has 1 saturated carbocycles. The number of nitrogens with zero attached hydrogens (tertiary/aromatic N) is 4. The molecule has 3 aromatic rings. The molecule has 2 aromatic heterocycles. The average molecular weight is 394 g/mol. The van der Waals surface area contributed by atoms with Gasteiger partial charge in [0.2, 0.25) is 5.95 Å². The molecule has 4 rings (SSSR count). The van der Waals surface area contributed by atoms with E-state index in [1.54, 1.807) is 13.4 Å². The summed E-state index contributed by atoms with van der Waals surface area (Å²) in [6.07, 6.45) is 6.27. The fraction of sp³-hybridized carbons (Fsp3) is 0.381. The van der Waals surface area contributed by atoms with E-state index in [-0.39, 0.29) is 0 Å². The Morgan fingerprint density at radius 3 is 2.76 bits per heavy atom. The van der Waals surface area contributed by atoms with Crippen LogP contribution in [0.25, 0.3) is 5.69 Å². The number of benzene rings is 1. The molecule has 0 spiro atoms. The maximum Gasteiger partial charge on any atom is 0.229 e. The lowest BCUT2D eigenvalue weighted by molar-refractivity contribution is 0.109. The van der Waals surface area contributed by atoms with E-state index in [0.29, 0.717) is 12.6 Å². The van der Waals surface area contributed by atoms with Gasteiger partial charge in [0.15, 0.2) is 0 Å². The molecule has 1 fully saturated rings. The molecule has 0 aliphatic heterocycles. The molecule has 0 amide bonds. The summed E-state index contributed by atoms with van der Waals surface area (Å²) in [5.41, 5.74) is 3.53. The summed E-state index contributed by atoms with van der Waals surface area (Å²) in [7, 11) is 3.49. The monoisotopic (exact) mass is 394 g/mol. The van der Waals surface area contributed by atoms with Gasteiger partial charge in [0.1, 0.15) is 11.6 Å². The Labute approximate surface area is 170 Å². The third-order valence-electron chi connectivity index (χ3n) is 4.76. The van der Waals surface area contributed by atoms with Crippen molar-refractivity contribution in [3.8, 4) is 11.4 Å². The molecule has 0 saturated heterocycles. The van der Waals surface area contributed by atoms with E-state index in [1.165, 1.54) is 12.8 Å². The van der Waals surface area contributed by atoms with Gasteiger partial charge in [-0.3, -0.25) is 0 Å². The van der Waals surface area contributed by atoms with Gasteiger partial charge in [-0.2, -0.15) is 4.98 Å². The number of imidazole rings is 1. The molecule has 1 aromatic carbocycles. The smallest absolute Gasteiger partial charge is 0.229 e. The van der Waals surface area contributed by atoms with E-state index in [4.69, 9.17) is 9.47 Å². The molecule has 152 valence electrons. The van der Waals surface area contributed by atoms with Crippen LogP contribution >= 0.6 is 0 Å². The van der Waals surface area contributed by atoms with Crippen LogP contribution in [0.2, 0.25) is 0 Å². The summed E-state index contributed by atoms with van der Waals surface area (Å²) >= 11 is 0. The number of hydrogen-bond acceptors (Lipinski definition) is 7. The van der Waals surface area contributed by atoms with Crippen molar-refractivity contribution in [3.05, 3.63) is 48.2 Å². The fourth-order valence-corrected chi connectivity index (χ4v) is 3.02. The number of methoxy groups -OCH3 is 1. The number of ether oxygens (including phenoxy) is 2. The van der Waals surface area contributed by atoms with Crippen LogP contribution in [-0.4, -0.2) is 40.3 Å². The molecule has 2 N–H and O–H groups in total. The summed E-state index contributed by atoms with van der Waals surface area (Å²) in [5.74, 6) is 2.70. The van der Waals surface area contributed by atoms with E-state index in [1.807, 2.05) is 49.0 Å². The Bertz CT molecular complexity index is 983.